The standard InChI is InChI=1S/C12H10N2O2S.ClH/c13-17(15,16)8-5-6-12-10(7-8)9-3-1-2-4-11(9)14-12;/h1-7,14H,(H2,13,15,16);1H. The van der Waals surface area contributed by atoms with Gasteiger partial charge in [0.2, 0.25) is 10.0 Å². The molecule has 0 fully saturated rings. The van der Waals surface area contributed by atoms with Crippen molar-refractivity contribution in [1.82, 2.24) is 4.98 Å². The third-order valence-electron chi connectivity index (χ3n) is 2.81. The van der Waals surface area contributed by atoms with Crippen molar-refractivity contribution in [3.63, 3.8) is 0 Å². The summed E-state index contributed by atoms with van der Waals surface area (Å²) in [5.41, 5.74) is 1.88. The Hall–Kier alpha value is -1.56. The van der Waals surface area contributed by atoms with Crippen molar-refractivity contribution in [2.75, 3.05) is 0 Å². The molecule has 0 atom stereocenters. The molecule has 18 heavy (non-hydrogen) atoms. The van der Waals surface area contributed by atoms with Crippen LogP contribution in [0, 0.1) is 0 Å². The van der Waals surface area contributed by atoms with Gasteiger partial charge in [-0.25, -0.2) is 13.6 Å². The SMILES string of the molecule is Cl.NS(=O)(=O)c1ccc2[nH]c3ccccc3c2c1. The first-order valence-electron chi connectivity index (χ1n) is 5.09. The molecule has 6 heteroatoms. The maximum absolute atomic E-state index is 11.3. The average Bonchev–Trinajstić information content (AvgIpc) is 2.65. The molecule has 0 aliphatic heterocycles. The Morgan fingerprint density at radius 1 is 0.944 bits per heavy atom. The second-order valence-electron chi connectivity index (χ2n) is 3.92. The van der Waals surface area contributed by atoms with Gasteiger partial charge in [-0.1, -0.05) is 18.2 Å². The van der Waals surface area contributed by atoms with E-state index in [0.29, 0.717) is 0 Å². The Kier molecular flexibility index (Phi) is 3.06. The third-order valence-corrected chi connectivity index (χ3v) is 3.72. The van der Waals surface area contributed by atoms with Crippen molar-refractivity contribution in [2.24, 2.45) is 5.14 Å². The van der Waals surface area contributed by atoms with Gasteiger partial charge in [-0.3, -0.25) is 0 Å². The van der Waals surface area contributed by atoms with Crippen LogP contribution in [0.5, 0.6) is 0 Å². The number of nitrogens with one attached hydrogen (secondary N) is 1. The third kappa shape index (κ3) is 1.96. The number of hydrogen-bond donors (Lipinski definition) is 2. The summed E-state index contributed by atoms with van der Waals surface area (Å²) >= 11 is 0. The van der Waals surface area contributed by atoms with Gasteiger partial charge in [0.1, 0.15) is 0 Å². The molecule has 94 valence electrons. The first-order chi connectivity index (χ1) is 8.05. The van der Waals surface area contributed by atoms with Gasteiger partial charge in [-0.2, -0.15) is 0 Å². The zero-order valence-corrected chi connectivity index (χ0v) is 10.9. The minimum atomic E-state index is -3.65. The molecule has 0 radical (unpaired) electrons. The van der Waals surface area contributed by atoms with Crippen LogP contribution in [0.2, 0.25) is 0 Å². The van der Waals surface area contributed by atoms with Gasteiger partial charge in [-0.05, 0) is 24.3 Å². The quantitative estimate of drug-likeness (QED) is 0.719. The van der Waals surface area contributed by atoms with Gasteiger partial charge in [0, 0.05) is 21.8 Å². The molecule has 1 aromatic heterocycles. The predicted molar refractivity (Wildman–Crippen MR) is 74.4 cm³/mol. The topological polar surface area (TPSA) is 76.0 Å². The Morgan fingerprint density at radius 3 is 2.33 bits per heavy atom. The van der Waals surface area contributed by atoms with Gasteiger partial charge < -0.3 is 4.98 Å². The number of hydrogen-bond acceptors (Lipinski definition) is 2. The maximum atomic E-state index is 11.3. The summed E-state index contributed by atoms with van der Waals surface area (Å²) in [6.45, 7) is 0. The molecule has 3 aromatic rings. The second kappa shape index (κ2) is 4.28. The number of sulfonamides is 1. The van der Waals surface area contributed by atoms with Gasteiger partial charge in [-0.15, -0.1) is 12.4 Å². The van der Waals surface area contributed by atoms with E-state index in [1.54, 1.807) is 12.1 Å². The minimum Gasteiger partial charge on any atom is -0.355 e. The lowest BCUT2D eigenvalue weighted by atomic mass is 10.1. The summed E-state index contributed by atoms with van der Waals surface area (Å²) in [4.78, 5) is 3.36. The van der Waals surface area contributed by atoms with E-state index in [0.717, 1.165) is 21.8 Å². The summed E-state index contributed by atoms with van der Waals surface area (Å²) in [5, 5.41) is 6.98. The molecule has 0 saturated carbocycles. The summed E-state index contributed by atoms with van der Waals surface area (Å²) in [6, 6.07) is 12.6. The highest BCUT2D eigenvalue weighted by atomic mass is 35.5. The highest BCUT2D eigenvalue weighted by molar-refractivity contribution is 7.89. The Labute approximate surface area is 110 Å². The number of primary sulfonamides is 1. The number of H-pyrrole nitrogens is 1. The lowest BCUT2D eigenvalue weighted by Crippen LogP contribution is -2.11. The number of halogens is 1. The number of para-hydroxylation sites is 1. The molecular weight excluding hydrogens is 272 g/mol. The van der Waals surface area contributed by atoms with E-state index >= 15 is 0 Å². The zero-order valence-electron chi connectivity index (χ0n) is 9.25. The molecule has 4 nitrogen and oxygen atoms in total. The van der Waals surface area contributed by atoms with E-state index in [9.17, 15) is 8.42 Å². The van der Waals surface area contributed by atoms with Gasteiger partial charge >= 0.3 is 0 Å². The number of rotatable bonds is 1. The molecule has 0 spiro atoms. The Bertz CT molecular complexity index is 824. The monoisotopic (exact) mass is 282 g/mol. The largest absolute Gasteiger partial charge is 0.355 e. The molecule has 3 rings (SSSR count). The van der Waals surface area contributed by atoms with Gasteiger partial charge in [0.05, 0.1) is 4.90 Å². The second-order valence-corrected chi connectivity index (χ2v) is 5.48. The number of fused-ring (bicyclic) bond motifs is 3. The van der Waals surface area contributed by atoms with E-state index in [2.05, 4.69) is 4.98 Å². The molecule has 1 heterocycles. The first kappa shape index (κ1) is 12.9. The Morgan fingerprint density at radius 2 is 1.61 bits per heavy atom. The van der Waals surface area contributed by atoms with E-state index in [4.69, 9.17) is 5.14 Å². The van der Waals surface area contributed by atoms with Crippen molar-refractivity contribution >= 4 is 44.2 Å². The van der Waals surface area contributed by atoms with Crippen LogP contribution in [0.15, 0.2) is 47.4 Å². The summed E-state index contributed by atoms with van der Waals surface area (Å²) in [7, 11) is -3.65. The highest BCUT2D eigenvalue weighted by Gasteiger charge is 2.10. The molecule has 2 aromatic carbocycles. The highest BCUT2D eigenvalue weighted by Crippen LogP contribution is 2.26. The van der Waals surface area contributed by atoms with Crippen LogP contribution in [-0.2, 0) is 10.0 Å². The first-order valence-corrected chi connectivity index (χ1v) is 6.63. The fourth-order valence-electron chi connectivity index (χ4n) is 2.00. The van der Waals surface area contributed by atoms with Crippen LogP contribution in [0.1, 0.15) is 0 Å². The average molecular weight is 283 g/mol. The van der Waals surface area contributed by atoms with E-state index < -0.39 is 10.0 Å². The van der Waals surface area contributed by atoms with Crippen molar-refractivity contribution < 1.29 is 8.42 Å². The lowest BCUT2D eigenvalue weighted by molar-refractivity contribution is 0.598. The molecule has 0 saturated heterocycles. The van der Waals surface area contributed by atoms with Crippen LogP contribution in [0.25, 0.3) is 21.8 Å². The molecule has 0 aliphatic carbocycles. The fraction of sp³-hybridized carbons (Fsp3) is 0. The van der Waals surface area contributed by atoms with Crippen molar-refractivity contribution in [3.8, 4) is 0 Å². The van der Waals surface area contributed by atoms with E-state index in [-0.39, 0.29) is 17.3 Å². The predicted octanol–water partition coefficient (Wildman–Crippen LogP) is 2.39. The van der Waals surface area contributed by atoms with Crippen molar-refractivity contribution in [3.05, 3.63) is 42.5 Å². The number of nitrogens with two attached hydrogens (primary N) is 1. The van der Waals surface area contributed by atoms with Crippen molar-refractivity contribution in [2.45, 2.75) is 4.90 Å². The number of aromatic nitrogens is 1. The van der Waals surface area contributed by atoms with Crippen molar-refractivity contribution in [1.29, 1.82) is 0 Å². The van der Waals surface area contributed by atoms with Crippen LogP contribution < -0.4 is 5.14 Å². The Balaban J connectivity index is 0.00000120. The summed E-state index contributed by atoms with van der Waals surface area (Å²) < 4.78 is 22.6. The smallest absolute Gasteiger partial charge is 0.238 e. The molecular formula is C12H11ClN2O2S. The molecule has 0 unspecified atom stereocenters. The molecule has 0 amide bonds. The number of benzene rings is 2. The zero-order chi connectivity index (χ0) is 12.0. The van der Waals surface area contributed by atoms with Crippen LogP contribution in [0.3, 0.4) is 0 Å². The summed E-state index contributed by atoms with van der Waals surface area (Å²) in [6.07, 6.45) is 0. The lowest BCUT2D eigenvalue weighted by Gasteiger charge is -1.97. The summed E-state index contributed by atoms with van der Waals surface area (Å²) in [5.74, 6) is 0. The van der Waals surface area contributed by atoms with E-state index in [1.165, 1.54) is 6.07 Å². The van der Waals surface area contributed by atoms with Gasteiger partial charge in [0.15, 0.2) is 0 Å². The van der Waals surface area contributed by atoms with Crippen LogP contribution in [-0.4, -0.2) is 13.4 Å². The molecule has 0 bridgehead atoms. The van der Waals surface area contributed by atoms with E-state index in [1.807, 2.05) is 24.3 Å². The number of aromatic amines is 1. The van der Waals surface area contributed by atoms with Crippen LogP contribution >= 0.6 is 12.4 Å². The van der Waals surface area contributed by atoms with Gasteiger partial charge in [0.25, 0.3) is 0 Å². The molecule has 3 N–H and O–H groups in total. The fourth-order valence-corrected chi connectivity index (χ4v) is 2.54. The minimum absolute atomic E-state index is 0. The normalized spacial score (nSPS) is 11.6. The maximum Gasteiger partial charge on any atom is 0.238 e. The molecule has 0 aliphatic rings. The van der Waals surface area contributed by atoms with Crippen LogP contribution in [0.4, 0.5) is 0 Å².